The van der Waals surface area contributed by atoms with E-state index in [9.17, 15) is 9.90 Å². The van der Waals surface area contributed by atoms with Gasteiger partial charge in [-0.05, 0) is 57.1 Å². The first kappa shape index (κ1) is 14.2. The Morgan fingerprint density at radius 1 is 1.47 bits per heavy atom. The zero-order valence-corrected chi connectivity index (χ0v) is 11.8. The normalized spacial score (nSPS) is 17.4. The molecule has 0 bridgehead atoms. The Morgan fingerprint density at radius 2 is 2.16 bits per heavy atom. The van der Waals surface area contributed by atoms with Crippen LogP contribution in [0.3, 0.4) is 0 Å². The smallest absolute Gasteiger partial charge is 0.251 e. The van der Waals surface area contributed by atoms with Crippen LogP contribution >= 0.6 is 11.6 Å². The molecule has 0 spiro atoms. The van der Waals surface area contributed by atoms with E-state index in [1.165, 1.54) is 12.1 Å². The Kier molecular flexibility index (Phi) is 4.66. The fourth-order valence-corrected chi connectivity index (χ4v) is 2.43. The van der Waals surface area contributed by atoms with Crippen molar-refractivity contribution < 1.29 is 9.90 Å². The highest BCUT2D eigenvalue weighted by molar-refractivity contribution is 6.32. The average Bonchev–Trinajstić information content (AvgIpc) is 2.41. The van der Waals surface area contributed by atoms with Crippen LogP contribution in [0.4, 0.5) is 0 Å². The average molecular weight is 283 g/mol. The maximum atomic E-state index is 12.0. The Balaban J connectivity index is 1.85. The van der Waals surface area contributed by atoms with E-state index < -0.39 is 0 Å². The van der Waals surface area contributed by atoms with Crippen molar-refractivity contribution in [1.29, 1.82) is 0 Å². The van der Waals surface area contributed by atoms with Gasteiger partial charge in [-0.3, -0.25) is 4.79 Å². The van der Waals surface area contributed by atoms with Crippen molar-refractivity contribution >= 4 is 17.5 Å². The molecule has 1 heterocycles. The number of phenols is 1. The van der Waals surface area contributed by atoms with E-state index in [1.807, 2.05) is 0 Å². The van der Waals surface area contributed by atoms with Crippen LogP contribution in [-0.2, 0) is 0 Å². The van der Waals surface area contributed by atoms with Crippen molar-refractivity contribution in [2.75, 3.05) is 26.7 Å². The molecule has 1 aromatic carbocycles. The number of rotatable bonds is 3. The minimum absolute atomic E-state index is 0.00599. The number of aromatic hydroxyl groups is 1. The topological polar surface area (TPSA) is 52.6 Å². The summed E-state index contributed by atoms with van der Waals surface area (Å²) < 4.78 is 0. The molecule has 0 unspecified atom stereocenters. The summed E-state index contributed by atoms with van der Waals surface area (Å²) in [6.45, 7) is 2.88. The first-order chi connectivity index (χ1) is 9.06. The fraction of sp³-hybridized carbons (Fsp3) is 0.500. The van der Waals surface area contributed by atoms with E-state index in [0.29, 0.717) is 18.0 Å². The Labute approximate surface area is 118 Å². The maximum Gasteiger partial charge on any atom is 0.251 e. The SMILES string of the molecule is CN1CCC(CNC(=O)c2ccc(O)c(Cl)c2)CC1. The van der Waals surface area contributed by atoms with Gasteiger partial charge < -0.3 is 15.3 Å². The van der Waals surface area contributed by atoms with Crippen LogP contribution in [0.2, 0.25) is 5.02 Å². The van der Waals surface area contributed by atoms with Crippen LogP contribution < -0.4 is 5.32 Å². The van der Waals surface area contributed by atoms with Crippen LogP contribution in [0.15, 0.2) is 18.2 Å². The molecule has 0 atom stereocenters. The number of amides is 1. The molecule has 4 nitrogen and oxygen atoms in total. The number of carbonyl (C=O) groups excluding carboxylic acids is 1. The molecule has 1 fully saturated rings. The zero-order valence-electron chi connectivity index (χ0n) is 11.0. The number of likely N-dealkylation sites (tertiary alicyclic amines) is 1. The van der Waals surface area contributed by atoms with Gasteiger partial charge in [0, 0.05) is 12.1 Å². The van der Waals surface area contributed by atoms with Gasteiger partial charge in [0.1, 0.15) is 5.75 Å². The summed E-state index contributed by atoms with van der Waals surface area (Å²) in [6.07, 6.45) is 2.24. The molecule has 1 saturated heterocycles. The molecular weight excluding hydrogens is 264 g/mol. The number of halogens is 1. The lowest BCUT2D eigenvalue weighted by molar-refractivity contribution is 0.0939. The van der Waals surface area contributed by atoms with Gasteiger partial charge in [-0.15, -0.1) is 0 Å². The lowest BCUT2D eigenvalue weighted by Crippen LogP contribution is -2.36. The molecule has 1 aromatic rings. The molecule has 1 aliphatic heterocycles. The predicted molar refractivity (Wildman–Crippen MR) is 75.7 cm³/mol. The molecule has 2 N–H and O–H groups in total. The van der Waals surface area contributed by atoms with E-state index in [2.05, 4.69) is 17.3 Å². The first-order valence-electron chi connectivity index (χ1n) is 6.51. The lowest BCUT2D eigenvalue weighted by Gasteiger charge is -2.28. The highest BCUT2D eigenvalue weighted by Crippen LogP contribution is 2.23. The van der Waals surface area contributed by atoms with Gasteiger partial charge in [0.2, 0.25) is 0 Å². The molecule has 1 aliphatic rings. The van der Waals surface area contributed by atoms with Gasteiger partial charge >= 0.3 is 0 Å². The Bertz CT molecular complexity index is 457. The van der Waals surface area contributed by atoms with E-state index >= 15 is 0 Å². The number of carbonyl (C=O) groups is 1. The number of piperidine rings is 1. The zero-order chi connectivity index (χ0) is 13.8. The molecule has 104 valence electrons. The third kappa shape index (κ3) is 3.85. The lowest BCUT2D eigenvalue weighted by atomic mass is 9.97. The van der Waals surface area contributed by atoms with Gasteiger partial charge in [-0.25, -0.2) is 0 Å². The summed E-state index contributed by atoms with van der Waals surface area (Å²) in [4.78, 5) is 14.3. The number of benzene rings is 1. The van der Waals surface area contributed by atoms with E-state index in [-0.39, 0.29) is 16.7 Å². The molecule has 5 heteroatoms. The van der Waals surface area contributed by atoms with Crippen molar-refractivity contribution in [2.24, 2.45) is 5.92 Å². The Morgan fingerprint density at radius 3 is 2.79 bits per heavy atom. The quantitative estimate of drug-likeness (QED) is 0.893. The van der Waals surface area contributed by atoms with Gasteiger partial charge in [-0.1, -0.05) is 11.6 Å². The van der Waals surface area contributed by atoms with Gasteiger partial charge in [0.05, 0.1) is 5.02 Å². The minimum Gasteiger partial charge on any atom is -0.506 e. The van der Waals surface area contributed by atoms with E-state index in [4.69, 9.17) is 11.6 Å². The second-order valence-electron chi connectivity index (χ2n) is 5.12. The van der Waals surface area contributed by atoms with Crippen LogP contribution in [0.1, 0.15) is 23.2 Å². The van der Waals surface area contributed by atoms with Crippen LogP contribution in [0.5, 0.6) is 5.75 Å². The molecule has 0 saturated carbocycles. The maximum absolute atomic E-state index is 12.0. The third-order valence-electron chi connectivity index (χ3n) is 3.60. The predicted octanol–water partition coefficient (Wildman–Crippen LogP) is 2.12. The molecule has 19 heavy (non-hydrogen) atoms. The number of phenolic OH excluding ortho intramolecular Hbond substituents is 1. The van der Waals surface area contributed by atoms with Gasteiger partial charge in [0.15, 0.2) is 0 Å². The largest absolute Gasteiger partial charge is 0.506 e. The van der Waals surface area contributed by atoms with Crippen LogP contribution in [0.25, 0.3) is 0 Å². The van der Waals surface area contributed by atoms with Gasteiger partial charge in [-0.2, -0.15) is 0 Å². The second-order valence-corrected chi connectivity index (χ2v) is 5.53. The highest BCUT2D eigenvalue weighted by Gasteiger charge is 2.17. The van der Waals surface area contributed by atoms with Crippen molar-refractivity contribution in [3.05, 3.63) is 28.8 Å². The number of hydrogen-bond acceptors (Lipinski definition) is 3. The highest BCUT2D eigenvalue weighted by atomic mass is 35.5. The van der Waals surface area contributed by atoms with E-state index in [0.717, 1.165) is 25.9 Å². The van der Waals surface area contributed by atoms with Crippen molar-refractivity contribution in [1.82, 2.24) is 10.2 Å². The van der Waals surface area contributed by atoms with Crippen LogP contribution in [0, 0.1) is 5.92 Å². The third-order valence-corrected chi connectivity index (χ3v) is 3.90. The summed E-state index contributed by atoms with van der Waals surface area (Å²) in [6, 6.07) is 4.50. The molecular formula is C14H19ClN2O2. The standard InChI is InChI=1S/C14H19ClN2O2/c1-17-6-4-10(5-7-17)9-16-14(19)11-2-3-13(18)12(15)8-11/h2-3,8,10,18H,4-7,9H2,1H3,(H,16,19). The van der Waals surface area contributed by atoms with Crippen molar-refractivity contribution in [2.45, 2.75) is 12.8 Å². The monoisotopic (exact) mass is 282 g/mol. The number of nitrogens with one attached hydrogen (secondary N) is 1. The molecule has 0 aliphatic carbocycles. The van der Waals surface area contributed by atoms with E-state index in [1.54, 1.807) is 6.07 Å². The molecule has 0 aromatic heterocycles. The fourth-order valence-electron chi connectivity index (χ4n) is 2.25. The summed E-state index contributed by atoms with van der Waals surface area (Å²) in [7, 11) is 2.12. The van der Waals surface area contributed by atoms with Gasteiger partial charge in [0.25, 0.3) is 5.91 Å². The van der Waals surface area contributed by atoms with Crippen molar-refractivity contribution in [3.63, 3.8) is 0 Å². The number of nitrogens with zero attached hydrogens (tertiary/aromatic N) is 1. The minimum atomic E-state index is -0.138. The molecule has 2 rings (SSSR count). The molecule has 0 radical (unpaired) electrons. The number of hydrogen-bond donors (Lipinski definition) is 2. The summed E-state index contributed by atoms with van der Waals surface area (Å²) in [5.74, 6) is 0.405. The second kappa shape index (κ2) is 6.26. The summed E-state index contributed by atoms with van der Waals surface area (Å²) in [5, 5.41) is 12.4. The van der Waals surface area contributed by atoms with Crippen molar-refractivity contribution in [3.8, 4) is 5.75 Å². The summed E-state index contributed by atoms with van der Waals surface area (Å²) in [5.41, 5.74) is 0.482. The summed E-state index contributed by atoms with van der Waals surface area (Å²) >= 11 is 5.79. The van der Waals surface area contributed by atoms with Crippen LogP contribution in [-0.4, -0.2) is 42.6 Å². The molecule has 1 amide bonds. The Hall–Kier alpha value is -1.26. The first-order valence-corrected chi connectivity index (χ1v) is 6.89.